The second-order valence-corrected chi connectivity index (χ2v) is 11.2. The number of carbonyl (C=O) groups excluding carboxylic acids is 4. The standard InChI is InChI=1S/C29H33N5O8S/c30-27(38)28(20-35,21-36)29(22-37,17-23-7-9-26(10-8-23)43(31,39)40)42-16-15-41-14-13-34(18-24-5-1-3-11-32-24)19-25-6-2-4-12-33-25/h1-12,20-22H,13-19H2,(H2,30,38)(H2,31,39,40). The molecule has 3 rings (SSSR count). The Hall–Kier alpha value is -4.21. The number of nitrogens with zero attached hydrogens (tertiary/aromatic N) is 3. The summed E-state index contributed by atoms with van der Waals surface area (Å²) in [5, 5.41) is 5.13. The molecule has 3 aromatic rings. The van der Waals surface area contributed by atoms with Crippen LogP contribution in [0.25, 0.3) is 0 Å². The van der Waals surface area contributed by atoms with Gasteiger partial charge in [0.1, 0.15) is 12.6 Å². The predicted molar refractivity (Wildman–Crippen MR) is 153 cm³/mol. The number of sulfonamides is 1. The van der Waals surface area contributed by atoms with E-state index in [0.717, 1.165) is 11.4 Å². The molecule has 0 spiro atoms. The molecular formula is C29H33N5O8S. The zero-order chi connectivity index (χ0) is 31.3. The molecule has 0 fully saturated rings. The van der Waals surface area contributed by atoms with Crippen LogP contribution in [0.1, 0.15) is 17.0 Å². The number of primary amides is 1. The molecule has 0 aliphatic heterocycles. The minimum absolute atomic E-state index is 0.0244. The van der Waals surface area contributed by atoms with Gasteiger partial charge in [0.05, 0.1) is 36.1 Å². The number of benzene rings is 1. The van der Waals surface area contributed by atoms with Crippen LogP contribution < -0.4 is 10.9 Å². The number of hydrogen-bond donors (Lipinski definition) is 2. The first-order chi connectivity index (χ1) is 20.6. The fourth-order valence-electron chi connectivity index (χ4n) is 4.38. The minimum Gasteiger partial charge on any atom is -0.378 e. The predicted octanol–water partition coefficient (Wildman–Crippen LogP) is 0.209. The highest BCUT2D eigenvalue weighted by Gasteiger charge is 2.58. The average molecular weight is 612 g/mol. The zero-order valence-electron chi connectivity index (χ0n) is 23.3. The van der Waals surface area contributed by atoms with Crippen molar-refractivity contribution in [2.24, 2.45) is 16.3 Å². The average Bonchev–Trinajstić information content (AvgIpc) is 3.00. The molecular weight excluding hydrogens is 578 g/mol. The van der Waals surface area contributed by atoms with Crippen LogP contribution in [-0.2, 0) is 58.2 Å². The molecule has 1 atom stereocenters. The van der Waals surface area contributed by atoms with Crippen molar-refractivity contribution >= 4 is 34.8 Å². The van der Waals surface area contributed by atoms with Crippen LogP contribution in [0.4, 0.5) is 0 Å². The number of hydrogen-bond acceptors (Lipinski definition) is 11. The van der Waals surface area contributed by atoms with Gasteiger partial charge >= 0.3 is 0 Å². The molecule has 43 heavy (non-hydrogen) atoms. The molecule has 0 aliphatic carbocycles. The lowest BCUT2D eigenvalue weighted by molar-refractivity contribution is -0.172. The van der Waals surface area contributed by atoms with E-state index in [4.69, 9.17) is 20.3 Å². The van der Waals surface area contributed by atoms with Crippen molar-refractivity contribution < 1.29 is 37.1 Å². The van der Waals surface area contributed by atoms with Gasteiger partial charge in [-0.25, -0.2) is 13.6 Å². The quantitative estimate of drug-likeness (QED) is 0.107. The fraction of sp³-hybridized carbons (Fsp3) is 0.310. The third-order valence-electron chi connectivity index (χ3n) is 6.75. The normalized spacial score (nSPS) is 13.3. The smallest absolute Gasteiger partial charge is 0.241 e. The van der Waals surface area contributed by atoms with Gasteiger partial charge in [-0.3, -0.25) is 19.7 Å². The second-order valence-electron chi connectivity index (χ2n) is 9.66. The van der Waals surface area contributed by atoms with E-state index in [1.54, 1.807) is 12.4 Å². The van der Waals surface area contributed by atoms with Gasteiger partial charge in [-0.05, 0) is 42.0 Å². The number of rotatable bonds is 19. The summed E-state index contributed by atoms with van der Waals surface area (Å²) in [7, 11) is -4.00. The van der Waals surface area contributed by atoms with E-state index in [1.165, 1.54) is 24.3 Å². The molecule has 2 heterocycles. The molecule has 1 aromatic carbocycles. The van der Waals surface area contributed by atoms with E-state index in [2.05, 4.69) is 14.9 Å². The number of pyridine rings is 2. The zero-order valence-corrected chi connectivity index (χ0v) is 24.1. The summed E-state index contributed by atoms with van der Waals surface area (Å²) in [6.07, 6.45) is 3.09. The van der Waals surface area contributed by atoms with E-state index in [9.17, 15) is 27.6 Å². The first-order valence-electron chi connectivity index (χ1n) is 13.1. The number of primary sulfonamides is 1. The summed E-state index contributed by atoms with van der Waals surface area (Å²) >= 11 is 0. The maximum Gasteiger partial charge on any atom is 0.241 e. The summed E-state index contributed by atoms with van der Waals surface area (Å²) in [6, 6.07) is 16.3. The highest BCUT2D eigenvalue weighted by molar-refractivity contribution is 7.89. The van der Waals surface area contributed by atoms with Gasteiger partial charge in [-0.1, -0.05) is 24.3 Å². The molecule has 13 nitrogen and oxygen atoms in total. The Morgan fingerprint density at radius 3 is 1.86 bits per heavy atom. The first kappa shape index (κ1) is 33.3. The van der Waals surface area contributed by atoms with Crippen LogP contribution in [0.2, 0.25) is 0 Å². The molecule has 2 aromatic heterocycles. The Bertz CT molecular complexity index is 1420. The second kappa shape index (κ2) is 15.3. The van der Waals surface area contributed by atoms with Crippen LogP contribution >= 0.6 is 0 Å². The topological polar surface area (TPSA) is 202 Å². The Morgan fingerprint density at radius 1 is 0.837 bits per heavy atom. The van der Waals surface area contributed by atoms with Gasteiger partial charge < -0.3 is 29.6 Å². The molecule has 0 radical (unpaired) electrons. The Kier molecular flexibility index (Phi) is 11.9. The molecule has 0 saturated carbocycles. The number of nitrogens with two attached hydrogens (primary N) is 2. The van der Waals surface area contributed by atoms with Crippen molar-refractivity contribution in [3.8, 4) is 0 Å². The minimum atomic E-state index is -4.00. The summed E-state index contributed by atoms with van der Waals surface area (Å²) < 4.78 is 34.7. The summed E-state index contributed by atoms with van der Waals surface area (Å²) in [6.45, 7) is 1.45. The molecule has 0 aliphatic rings. The lowest BCUT2D eigenvalue weighted by Gasteiger charge is -2.38. The van der Waals surface area contributed by atoms with E-state index in [-0.39, 0.29) is 49.1 Å². The third kappa shape index (κ3) is 8.65. The lowest BCUT2D eigenvalue weighted by atomic mass is 9.70. The van der Waals surface area contributed by atoms with Crippen molar-refractivity contribution in [1.82, 2.24) is 14.9 Å². The van der Waals surface area contributed by atoms with Gasteiger partial charge in [0.2, 0.25) is 15.9 Å². The third-order valence-corrected chi connectivity index (χ3v) is 7.68. The van der Waals surface area contributed by atoms with E-state index in [1.807, 2.05) is 36.4 Å². The van der Waals surface area contributed by atoms with Crippen LogP contribution in [-0.4, -0.2) is 80.0 Å². The molecule has 228 valence electrons. The van der Waals surface area contributed by atoms with Crippen LogP contribution in [0.5, 0.6) is 0 Å². The van der Waals surface area contributed by atoms with Crippen molar-refractivity contribution in [2.45, 2.75) is 30.0 Å². The van der Waals surface area contributed by atoms with Gasteiger partial charge in [-0.2, -0.15) is 0 Å². The van der Waals surface area contributed by atoms with Gasteiger partial charge in [-0.15, -0.1) is 0 Å². The largest absolute Gasteiger partial charge is 0.378 e. The molecule has 1 unspecified atom stereocenters. The van der Waals surface area contributed by atoms with Gasteiger partial charge in [0.25, 0.3) is 0 Å². The van der Waals surface area contributed by atoms with Crippen molar-refractivity contribution in [2.75, 3.05) is 26.4 Å². The summed E-state index contributed by atoms with van der Waals surface area (Å²) in [5.74, 6) is -1.38. The Morgan fingerprint density at radius 2 is 1.42 bits per heavy atom. The van der Waals surface area contributed by atoms with Gasteiger partial charge in [0.15, 0.2) is 17.3 Å². The highest BCUT2D eigenvalue weighted by Crippen LogP contribution is 2.34. The van der Waals surface area contributed by atoms with Crippen LogP contribution in [0.15, 0.2) is 78.0 Å². The fourth-order valence-corrected chi connectivity index (χ4v) is 4.89. The summed E-state index contributed by atoms with van der Waals surface area (Å²) in [4.78, 5) is 59.6. The van der Waals surface area contributed by atoms with Crippen molar-refractivity contribution in [1.29, 1.82) is 0 Å². The van der Waals surface area contributed by atoms with Crippen molar-refractivity contribution in [3.05, 3.63) is 90.0 Å². The van der Waals surface area contributed by atoms with E-state index < -0.39 is 33.4 Å². The SMILES string of the molecule is NC(=O)C(C=O)(C=O)C(C=O)(Cc1ccc(S(N)(=O)=O)cc1)OCCOCCN(Cc1ccccn1)Cc1ccccn1. The van der Waals surface area contributed by atoms with E-state index in [0.29, 0.717) is 19.6 Å². The lowest BCUT2D eigenvalue weighted by Crippen LogP contribution is -2.62. The Labute approximate surface area is 249 Å². The van der Waals surface area contributed by atoms with Crippen molar-refractivity contribution in [3.63, 3.8) is 0 Å². The maximum absolute atomic E-state index is 12.5. The maximum atomic E-state index is 12.5. The van der Waals surface area contributed by atoms with Crippen LogP contribution in [0, 0.1) is 5.41 Å². The number of amides is 1. The number of aldehydes is 3. The molecule has 14 heteroatoms. The monoisotopic (exact) mass is 611 g/mol. The molecule has 0 bridgehead atoms. The molecule has 1 amide bonds. The Balaban J connectivity index is 1.69. The molecule has 4 N–H and O–H groups in total. The summed E-state index contributed by atoms with van der Waals surface area (Å²) in [5.41, 5.74) is 2.42. The van der Waals surface area contributed by atoms with Crippen LogP contribution in [0.3, 0.4) is 0 Å². The number of ether oxygens (including phenoxy) is 2. The first-order valence-corrected chi connectivity index (χ1v) is 14.7. The highest BCUT2D eigenvalue weighted by atomic mass is 32.2. The molecule has 0 saturated heterocycles. The van der Waals surface area contributed by atoms with Gasteiger partial charge in [0, 0.05) is 38.4 Å². The van der Waals surface area contributed by atoms with E-state index >= 15 is 0 Å². The number of aromatic nitrogens is 2. The number of carbonyl (C=O) groups is 4.